The molecule has 1 aromatic rings. The van der Waals surface area contributed by atoms with Gasteiger partial charge in [0, 0.05) is 44.4 Å². The fourth-order valence-electron chi connectivity index (χ4n) is 2.88. The fourth-order valence-corrected chi connectivity index (χ4v) is 2.88. The molecule has 0 aliphatic carbocycles. The van der Waals surface area contributed by atoms with Crippen molar-refractivity contribution >= 4 is 11.8 Å². The summed E-state index contributed by atoms with van der Waals surface area (Å²) in [7, 11) is 1.81. The first-order valence-electron chi connectivity index (χ1n) is 8.68. The molecule has 6 nitrogen and oxygen atoms in total. The topological polar surface area (TPSA) is 78.7 Å². The Bertz CT molecular complexity index is 556. The van der Waals surface area contributed by atoms with Crippen LogP contribution in [-0.4, -0.2) is 67.9 Å². The third kappa shape index (κ3) is 5.32. The zero-order valence-corrected chi connectivity index (χ0v) is 14.5. The minimum absolute atomic E-state index is 0.0551. The van der Waals surface area contributed by atoms with Crippen molar-refractivity contribution in [2.45, 2.75) is 19.3 Å². The first kappa shape index (κ1) is 18.4. The van der Waals surface area contributed by atoms with Crippen molar-refractivity contribution in [3.63, 3.8) is 0 Å². The standard InChI is InChI=1S/C18H28N4O2/c1-21(12-13-22-10-3-2-4-11-22)18(24)16-7-5-6-15(14-16)17(23)20-9-8-19/h5-7,14H,2-4,8-13,19H2,1H3,(H,20,23). The van der Waals surface area contributed by atoms with Crippen molar-refractivity contribution in [1.29, 1.82) is 0 Å². The Morgan fingerprint density at radius 1 is 1.21 bits per heavy atom. The molecular weight excluding hydrogens is 304 g/mol. The first-order chi connectivity index (χ1) is 11.6. The van der Waals surface area contributed by atoms with Crippen LogP contribution in [0.5, 0.6) is 0 Å². The van der Waals surface area contributed by atoms with Crippen LogP contribution in [0.4, 0.5) is 0 Å². The Morgan fingerprint density at radius 3 is 2.62 bits per heavy atom. The molecular formula is C18H28N4O2. The van der Waals surface area contributed by atoms with Crippen LogP contribution in [0.3, 0.4) is 0 Å². The number of hydrogen-bond acceptors (Lipinski definition) is 4. The van der Waals surface area contributed by atoms with E-state index in [4.69, 9.17) is 5.73 Å². The van der Waals surface area contributed by atoms with Gasteiger partial charge in [0.2, 0.25) is 0 Å². The maximum atomic E-state index is 12.6. The van der Waals surface area contributed by atoms with Gasteiger partial charge >= 0.3 is 0 Å². The van der Waals surface area contributed by atoms with Gasteiger partial charge in [0.25, 0.3) is 11.8 Å². The first-order valence-corrected chi connectivity index (χ1v) is 8.68. The number of carbonyl (C=O) groups is 2. The van der Waals surface area contributed by atoms with Crippen LogP contribution in [0, 0.1) is 0 Å². The van der Waals surface area contributed by atoms with Crippen LogP contribution in [0.15, 0.2) is 24.3 Å². The van der Waals surface area contributed by atoms with E-state index in [1.54, 1.807) is 29.2 Å². The number of likely N-dealkylation sites (tertiary alicyclic amines) is 1. The van der Waals surface area contributed by atoms with Crippen LogP contribution in [0.25, 0.3) is 0 Å². The molecule has 0 bridgehead atoms. The lowest BCUT2D eigenvalue weighted by molar-refractivity contribution is 0.0773. The molecule has 1 heterocycles. The minimum Gasteiger partial charge on any atom is -0.351 e. The second kappa shape index (κ2) is 9.39. The van der Waals surface area contributed by atoms with Gasteiger partial charge in [0.15, 0.2) is 0 Å². The molecule has 0 saturated carbocycles. The summed E-state index contributed by atoms with van der Waals surface area (Å²) < 4.78 is 0. The molecule has 132 valence electrons. The highest BCUT2D eigenvalue weighted by atomic mass is 16.2. The van der Waals surface area contributed by atoms with E-state index in [2.05, 4.69) is 10.2 Å². The summed E-state index contributed by atoms with van der Waals surface area (Å²) in [6.45, 7) is 4.66. The molecule has 0 spiro atoms. The van der Waals surface area contributed by atoms with Crippen LogP contribution in [-0.2, 0) is 0 Å². The van der Waals surface area contributed by atoms with E-state index in [1.165, 1.54) is 19.3 Å². The van der Waals surface area contributed by atoms with E-state index in [0.717, 1.165) is 19.6 Å². The van der Waals surface area contributed by atoms with Gasteiger partial charge in [-0.3, -0.25) is 9.59 Å². The smallest absolute Gasteiger partial charge is 0.253 e. The number of carbonyl (C=O) groups excluding carboxylic acids is 2. The molecule has 0 aromatic heterocycles. The average molecular weight is 332 g/mol. The Hall–Kier alpha value is -1.92. The van der Waals surface area contributed by atoms with Gasteiger partial charge in [-0.1, -0.05) is 12.5 Å². The van der Waals surface area contributed by atoms with E-state index >= 15 is 0 Å². The molecule has 1 aromatic carbocycles. The van der Waals surface area contributed by atoms with Crippen molar-refractivity contribution < 1.29 is 9.59 Å². The lowest BCUT2D eigenvalue weighted by atomic mass is 10.1. The van der Waals surface area contributed by atoms with Crippen molar-refractivity contribution in [3.05, 3.63) is 35.4 Å². The second-order valence-corrected chi connectivity index (χ2v) is 6.25. The summed E-state index contributed by atoms with van der Waals surface area (Å²) >= 11 is 0. The molecule has 2 rings (SSSR count). The van der Waals surface area contributed by atoms with E-state index in [9.17, 15) is 9.59 Å². The van der Waals surface area contributed by atoms with Crippen molar-refractivity contribution in [1.82, 2.24) is 15.1 Å². The SMILES string of the molecule is CN(CCN1CCCCC1)C(=O)c1cccc(C(=O)NCCN)c1. The lowest BCUT2D eigenvalue weighted by Gasteiger charge is -2.28. The summed E-state index contributed by atoms with van der Waals surface area (Å²) in [5, 5.41) is 2.72. The molecule has 1 aliphatic rings. The molecule has 1 fully saturated rings. The van der Waals surface area contributed by atoms with E-state index in [-0.39, 0.29) is 11.8 Å². The quantitative estimate of drug-likeness (QED) is 0.779. The van der Waals surface area contributed by atoms with Crippen molar-refractivity contribution in [2.75, 3.05) is 46.3 Å². The molecule has 1 saturated heterocycles. The Labute approximate surface area is 144 Å². The maximum absolute atomic E-state index is 12.6. The number of hydrogen-bond donors (Lipinski definition) is 2. The number of amides is 2. The van der Waals surface area contributed by atoms with Crippen LogP contribution in [0.2, 0.25) is 0 Å². The number of piperidine rings is 1. The van der Waals surface area contributed by atoms with Gasteiger partial charge in [0.1, 0.15) is 0 Å². The maximum Gasteiger partial charge on any atom is 0.253 e. The predicted molar refractivity (Wildman–Crippen MR) is 95.1 cm³/mol. The Balaban J connectivity index is 1.91. The summed E-state index contributed by atoms with van der Waals surface area (Å²) in [4.78, 5) is 28.7. The van der Waals surface area contributed by atoms with Gasteiger partial charge < -0.3 is 20.9 Å². The summed E-state index contributed by atoms with van der Waals surface area (Å²) in [5.74, 6) is -0.258. The molecule has 1 aliphatic heterocycles. The summed E-state index contributed by atoms with van der Waals surface area (Å²) in [5.41, 5.74) is 6.41. The number of benzene rings is 1. The lowest BCUT2D eigenvalue weighted by Crippen LogP contribution is -2.38. The van der Waals surface area contributed by atoms with E-state index < -0.39 is 0 Å². The van der Waals surface area contributed by atoms with E-state index in [0.29, 0.717) is 30.8 Å². The van der Waals surface area contributed by atoms with Crippen LogP contribution < -0.4 is 11.1 Å². The highest BCUT2D eigenvalue weighted by Crippen LogP contribution is 2.10. The van der Waals surface area contributed by atoms with Crippen LogP contribution >= 0.6 is 0 Å². The third-order valence-corrected chi connectivity index (χ3v) is 4.35. The zero-order chi connectivity index (χ0) is 17.4. The third-order valence-electron chi connectivity index (χ3n) is 4.35. The molecule has 0 radical (unpaired) electrons. The largest absolute Gasteiger partial charge is 0.351 e. The van der Waals surface area contributed by atoms with Gasteiger partial charge in [-0.2, -0.15) is 0 Å². The predicted octanol–water partition coefficient (Wildman–Crippen LogP) is 0.933. The molecule has 0 unspecified atom stereocenters. The Morgan fingerprint density at radius 2 is 1.92 bits per heavy atom. The van der Waals surface area contributed by atoms with E-state index in [1.807, 2.05) is 7.05 Å². The summed E-state index contributed by atoms with van der Waals surface area (Å²) in [6, 6.07) is 6.84. The van der Waals surface area contributed by atoms with Gasteiger partial charge in [0.05, 0.1) is 0 Å². The number of nitrogens with two attached hydrogens (primary N) is 1. The second-order valence-electron chi connectivity index (χ2n) is 6.25. The highest BCUT2D eigenvalue weighted by Gasteiger charge is 2.16. The van der Waals surface area contributed by atoms with Gasteiger partial charge in [-0.05, 0) is 44.1 Å². The number of nitrogens with one attached hydrogen (secondary N) is 1. The van der Waals surface area contributed by atoms with Crippen molar-refractivity contribution in [3.8, 4) is 0 Å². The van der Waals surface area contributed by atoms with Crippen molar-refractivity contribution in [2.24, 2.45) is 5.73 Å². The molecule has 6 heteroatoms. The number of nitrogens with zero attached hydrogens (tertiary/aromatic N) is 2. The normalized spacial score (nSPS) is 15.1. The summed E-state index contributed by atoms with van der Waals surface area (Å²) in [6.07, 6.45) is 3.81. The number of rotatable bonds is 7. The van der Waals surface area contributed by atoms with Gasteiger partial charge in [-0.25, -0.2) is 0 Å². The molecule has 3 N–H and O–H groups in total. The van der Waals surface area contributed by atoms with Gasteiger partial charge in [-0.15, -0.1) is 0 Å². The average Bonchev–Trinajstić information content (AvgIpc) is 2.64. The number of likely N-dealkylation sites (N-methyl/N-ethyl adjacent to an activating group) is 1. The molecule has 0 atom stereocenters. The highest BCUT2D eigenvalue weighted by molar-refractivity contribution is 5.99. The molecule has 2 amide bonds. The minimum atomic E-state index is -0.203. The zero-order valence-electron chi connectivity index (χ0n) is 14.5. The Kier molecular flexibility index (Phi) is 7.21. The van der Waals surface area contributed by atoms with Crippen LogP contribution in [0.1, 0.15) is 40.0 Å². The molecule has 24 heavy (non-hydrogen) atoms. The monoisotopic (exact) mass is 332 g/mol. The fraction of sp³-hybridized carbons (Fsp3) is 0.556.